The highest BCUT2D eigenvalue weighted by molar-refractivity contribution is 5.79. The standard InChI is InChI=1S/C21H18N6O2/c1-13-8-10-15(11-9-13)17-23-24-20-26(12-14-6-4-3-5-7-14)16-18(28)22-21(29)25(2)19(16)27(17)20/h3-11H,12H2,1-2H3,(H,22,28,29). The van der Waals surface area contributed by atoms with E-state index in [4.69, 9.17) is 0 Å². The molecule has 0 spiro atoms. The van der Waals surface area contributed by atoms with Crippen LogP contribution in [0.3, 0.4) is 0 Å². The van der Waals surface area contributed by atoms with E-state index in [1.165, 1.54) is 4.57 Å². The molecule has 0 aliphatic carbocycles. The molecule has 0 fully saturated rings. The maximum absolute atomic E-state index is 12.8. The summed E-state index contributed by atoms with van der Waals surface area (Å²) in [5, 5.41) is 8.74. The van der Waals surface area contributed by atoms with Crippen LogP contribution in [-0.2, 0) is 13.6 Å². The van der Waals surface area contributed by atoms with E-state index in [-0.39, 0.29) is 0 Å². The van der Waals surface area contributed by atoms with Crippen LogP contribution in [0.2, 0.25) is 0 Å². The second kappa shape index (κ2) is 6.30. The van der Waals surface area contributed by atoms with Crippen molar-refractivity contribution in [2.75, 3.05) is 0 Å². The van der Waals surface area contributed by atoms with Crippen LogP contribution in [0.1, 0.15) is 11.1 Å². The first-order chi connectivity index (χ1) is 14.0. The van der Waals surface area contributed by atoms with Crippen LogP contribution in [-0.4, -0.2) is 28.7 Å². The number of hydrogen-bond donors (Lipinski definition) is 1. The molecule has 0 amide bonds. The van der Waals surface area contributed by atoms with Crippen molar-refractivity contribution >= 4 is 16.9 Å². The van der Waals surface area contributed by atoms with Gasteiger partial charge in [0, 0.05) is 12.6 Å². The van der Waals surface area contributed by atoms with E-state index >= 15 is 0 Å². The van der Waals surface area contributed by atoms with Crippen LogP contribution < -0.4 is 11.2 Å². The predicted octanol–water partition coefficient (Wildman–Crippen LogP) is 2.09. The maximum Gasteiger partial charge on any atom is 0.329 e. The van der Waals surface area contributed by atoms with Crippen molar-refractivity contribution in [3.05, 3.63) is 86.6 Å². The van der Waals surface area contributed by atoms with Gasteiger partial charge in [0.2, 0.25) is 5.78 Å². The van der Waals surface area contributed by atoms with Crippen molar-refractivity contribution in [3.8, 4) is 11.4 Å². The number of imidazole rings is 1. The van der Waals surface area contributed by atoms with E-state index in [1.807, 2.05) is 61.5 Å². The van der Waals surface area contributed by atoms with Crippen LogP contribution >= 0.6 is 0 Å². The number of nitrogens with one attached hydrogen (secondary N) is 1. The van der Waals surface area contributed by atoms with Gasteiger partial charge in [-0.05, 0) is 12.5 Å². The molecule has 0 saturated carbocycles. The molecule has 1 N–H and O–H groups in total. The van der Waals surface area contributed by atoms with Crippen LogP contribution in [0.15, 0.2) is 64.2 Å². The smallest absolute Gasteiger partial charge is 0.298 e. The zero-order chi connectivity index (χ0) is 20.1. The fourth-order valence-electron chi connectivity index (χ4n) is 3.65. The number of H-pyrrole nitrogens is 1. The van der Waals surface area contributed by atoms with Gasteiger partial charge in [-0.25, -0.2) is 9.20 Å². The van der Waals surface area contributed by atoms with E-state index in [2.05, 4.69) is 15.2 Å². The predicted molar refractivity (Wildman–Crippen MR) is 110 cm³/mol. The molecule has 5 aromatic rings. The molecule has 0 saturated heterocycles. The van der Waals surface area contributed by atoms with Crippen molar-refractivity contribution in [2.24, 2.45) is 7.05 Å². The van der Waals surface area contributed by atoms with Crippen LogP contribution in [0, 0.1) is 6.92 Å². The van der Waals surface area contributed by atoms with E-state index in [0.717, 1.165) is 16.7 Å². The third-order valence-corrected chi connectivity index (χ3v) is 5.13. The highest BCUT2D eigenvalue weighted by Gasteiger charge is 2.22. The lowest BCUT2D eigenvalue weighted by Crippen LogP contribution is -2.29. The molecule has 0 aliphatic rings. The zero-order valence-electron chi connectivity index (χ0n) is 16.0. The van der Waals surface area contributed by atoms with Crippen molar-refractivity contribution in [1.82, 2.24) is 28.7 Å². The van der Waals surface area contributed by atoms with E-state index in [9.17, 15) is 9.59 Å². The molecule has 8 nitrogen and oxygen atoms in total. The summed E-state index contributed by atoms with van der Waals surface area (Å²) in [6.45, 7) is 2.44. The molecule has 5 rings (SSSR count). The summed E-state index contributed by atoms with van der Waals surface area (Å²) in [6, 6.07) is 17.7. The van der Waals surface area contributed by atoms with E-state index < -0.39 is 11.2 Å². The Labute approximate surface area is 164 Å². The summed E-state index contributed by atoms with van der Waals surface area (Å²) >= 11 is 0. The molecule has 3 aromatic heterocycles. The maximum atomic E-state index is 12.8. The lowest BCUT2D eigenvalue weighted by molar-refractivity contribution is 0.809. The van der Waals surface area contributed by atoms with Gasteiger partial charge in [-0.1, -0.05) is 60.2 Å². The average Bonchev–Trinajstić information content (AvgIpc) is 3.27. The Balaban J connectivity index is 1.89. The lowest BCUT2D eigenvalue weighted by atomic mass is 10.1. The zero-order valence-corrected chi connectivity index (χ0v) is 16.0. The van der Waals surface area contributed by atoms with Crippen molar-refractivity contribution in [1.29, 1.82) is 0 Å². The Bertz CT molecular complexity index is 1470. The fraction of sp³-hybridized carbons (Fsp3) is 0.143. The third kappa shape index (κ3) is 2.60. The third-order valence-electron chi connectivity index (χ3n) is 5.13. The Morgan fingerprint density at radius 1 is 0.966 bits per heavy atom. The molecule has 144 valence electrons. The van der Waals surface area contributed by atoms with Gasteiger partial charge >= 0.3 is 5.69 Å². The first-order valence-electron chi connectivity index (χ1n) is 9.22. The van der Waals surface area contributed by atoms with Crippen molar-refractivity contribution < 1.29 is 0 Å². The van der Waals surface area contributed by atoms with E-state index in [1.54, 1.807) is 16.0 Å². The number of nitrogens with zero attached hydrogens (tertiary/aromatic N) is 5. The molecular weight excluding hydrogens is 368 g/mol. The van der Waals surface area contributed by atoms with Crippen LogP contribution in [0.25, 0.3) is 28.3 Å². The SMILES string of the molecule is Cc1ccc(-c2nnc3n(Cc4ccccc4)c4c(=O)[nH]c(=O)n(C)c4n23)cc1. The van der Waals surface area contributed by atoms with Gasteiger partial charge in [-0.3, -0.25) is 18.9 Å². The number of aromatic nitrogens is 6. The molecule has 8 heteroatoms. The second-order valence-electron chi connectivity index (χ2n) is 7.09. The van der Waals surface area contributed by atoms with Gasteiger partial charge in [-0.15, -0.1) is 10.2 Å². The first-order valence-corrected chi connectivity index (χ1v) is 9.22. The molecule has 3 heterocycles. The second-order valence-corrected chi connectivity index (χ2v) is 7.09. The molecule has 2 aromatic carbocycles. The summed E-state index contributed by atoms with van der Waals surface area (Å²) in [7, 11) is 1.63. The Hall–Kier alpha value is -3.94. The molecule has 0 radical (unpaired) electrons. The molecular formula is C21H18N6O2. The van der Waals surface area contributed by atoms with Gasteiger partial charge < -0.3 is 0 Å². The molecule has 0 aliphatic heterocycles. The Kier molecular flexibility index (Phi) is 3.73. The van der Waals surface area contributed by atoms with E-state index in [0.29, 0.717) is 29.3 Å². The summed E-state index contributed by atoms with van der Waals surface area (Å²) in [4.78, 5) is 27.5. The van der Waals surface area contributed by atoms with Crippen molar-refractivity contribution in [2.45, 2.75) is 13.5 Å². The minimum atomic E-state index is -0.482. The number of benzene rings is 2. The lowest BCUT2D eigenvalue weighted by Gasteiger charge is -2.05. The van der Waals surface area contributed by atoms with Crippen LogP contribution in [0.5, 0.6) is 0 Å². The largest absolute Gasteiger partial charge is 0.329 e. The summed E-state index contributed by atoms with van der Waals surface area (Å²) in [6.07, 6.45) is 0. The molecule has 0 bridgehead atoms. The minimum absolute atomic E-state index is 0.384. The quantitative estimate of drug-likeness (QED) is 0.514. The van der Waals surface area contributed by atoms with Gasteiger partial charge in [0.15, 0.2) is 17.0 Å². The highest BCUT2D eigenvalue weighted by Crippen LogP contribution is 2.25. The Morgan fingerprint density at radius 2 is 1.69 bits per heavy atom. The molecule has 29 heavy (non-hydrogen) atoms. The average molecular weight is 386 g/mol. The fourth-order valence-corrected chi connectivity index (χ4v) is 3.65. The topological polar surface area (TPSA) is 90.0 Å². The first kappa shape index (κ1) is 17.2. The van der Waals surface area contributed by atoms with Gasteiger partial charge in [0.05, 0.1) is 6.54 Å². The monoisotopic (exact) mass is 386 g/mol. The van der Waals surface area contributed by atoms with Crippen molar-refractivity contribution in [3.63, 3.8) is 0 Å². The number of fused-ring (bicyclic) bond motifs is 3. The minimum Gasteiger partial charge on any atom is -0.298 e. The Morgan fingerprint density at radius 3 is 2.41 bits per heavy atom. The molecule has 0 atom stereocenters. The molecule has 0 unspecified atom stereocenters. The number of aryl methyl sites for hydroxylation is 2. The summed E-state index contributed by atoms with van der Waals surface area (Å²) in [5.74, 6) is 1.09. The summed E-state index contributed by atoms with van der Waals surface area (Å²) in [5.41, 5.74) is 2.92. The number of aromatic amines is 1. The number of hydrogen-bond acceptors (Lipinski definition) is 4. The normalized spacial score (nSPS) is 11.5. The van der Waals surface area contributed by atoms with Gasteiger partial charge in [0.25, 0.3) is 5.56 Å². The number of rotatable bonds is 3. The van der Waals surface area contributed by atoms with Crippen LogP contribution in [0.4, 0.5) is 0 Å². The summed E-state index contributed by atoms with van der Waals surface area (Å²) < 4.78 is 5.00. The highest BCUT2D eigenvalue weighted by atomic mass is 16.2. The van der Waals surface area contributed by atoms with Gasteiger partial charge in [-0.2, -0.15) is 0 Å². The van der Waals surface area contributed by atoms with Gasteiger partial charge in [0.1, 0.15) is 0 Å².